The van der Waals surface area contributed by atoms with Crippen LogP contribution < -0.4 is 10.2 Å². The van der Waals surface area contributed by atoms with E-state index in [4.69, 9.17) is 4.74 Å². The molecule has 1 heterocycles. The van der Waals surface area contributed by atoms with Crippen LogP contribution in [0.1, 0.15) is 15.9 Å². The molecule has 0 aliphatic rings. The maximum atomic E-state index is 12.0. The summed E-state index contributed by atoms with van der Waals surface area (Å²) in [4.78, 5) is 26.4. The van der Waals surface area contributed by atoms with Gasteiger partial charge in [0.2, 0.25) is 5.75 Å². The lowest BCUT2D eigenvalue weighted by Gasteiger charge is -2.08. The minimum Gasteiger partial charge on any atom is -0.449 e. The van der Waals surface area contributed by atoms with Crippen LogP contribution in [0.15, 0.2) is 78.2 Å². The van der Waals surface area contributed by atoms with Gasteiger partial charge in [-0.2, -0.15) is 5.10 Å². The highest BCUT2D eigenvalue weighted by molar-refractivity contribution is 5.94. The minimum absolute atomic E-state index is 0.115. The number of nitro groups is 1. The smallest absolute Gasteiger partial charge is 0.311 e. The number of carbonyl (C=O) groups excluding carboxylic acids is 1. The van der Waals surface area contributed by atoms with Crippen LogP contribution in [-0.4, -0.2) is 22.0 Å². The van der Waals surface area contributed by atoms with Crippen molar-refractivity contribution in [3.63, 3.8) is 0 Å². The standard InChI is InChI=1S/C19H14N4O4/c24-19(14-9-11-20-12-10-14)22-21-13-15-5-1-3-7-17(15)27-18-8-4-2-6-16(18)23(25)26/h1-13H,(H,22,24)/b21-13-. The van der Waals surface area contributed by atoms with E-state index in [-0.39, 0.29) is 17.3 Å². The maximum absolute atomic E-state index is 12.0. The third-order valence-corrected chi connectivity index (χ3v) is 3.51. The number of carbonyl (C=O) groups is 1. The number of pyridine rings is 1. The molecule has 8 heteroatoms. The van der Waals surface area contributed by atoms with Gasteiger partial charge >= 0.3 is 5.69 Å². The molecular weight excluding hydrogens is 348 g/mol. The van der Waals surface area contributed by atoms with Crippen LogP contribution >= 0.6 is 0 Å². The Morgan fingerprint density at radius 1 is 1.04 bits per heavy atom. The van der Waals surface area contributed by atoms with Gasteiger partial charge < -0.3 is 4.74 Å². The first-order valence-corrected chi connectivity index (χ1v) is 7.89. The summed E-state index contributed by atoms with van der Waals surface area (Å²) in [6, 6.07) is 16.1. The lowest BCUT2D eigenvalue weighted by Crippen LogP contribution is -2.17. The second kappa shape index (κ2) is 8.34. The molecular formula is C19H14N4O4. The largest absolute Gasteiger partial charge is 0.449 e. The third-order valence-electron chi connectivity index (χ3n) is 3.51. The highest BCUT2D eigenvalue weighted by Gasteiger charge is 2.15. The van der Waals surface area contributed by atoms with Gasteiger partial charge in [-0.1, -0.05) is 24.3 Å². The normalized spacial score (nSPS) is 10.5. The average molecular weight is 362 g/mol. The fraction of sp³-hybridized carbons (Fsp3) is 0. The van der Waals surface area contributed by atoms with Gasteiger partial charge in [0.05, 0.1) is 11.1 Å². The molecule has 0 atom stereocenters. The van der Waals surface area contributed by atoms with Crippen molar-refractivity contribution < 1.29 is 14.5 Å². The number of hydrogen-bond donors (Lipinski definition) is 1. The Bertz CT molecular complexity index is 990. The summed E-state index contributed by atoms with van der Waals surface area (Å²) in [5.41, 5.74) is 3.23. The van der Waals surface area contributed by atoms with Gasteiger partial charge in [0, 0.05) is 29.6 Å². The van der Waals surface area contributed by atoms with E-state index in [2.05, 4.69) is 15.5 Å². The number of amides is 1. The van der Waals surface area contributed by atoms with Crippen molar-refractivity contribution in [2.24, 2.45) is 5.10 Å². The van der Waals surface area contributed by atoms with E-state index in [1.165, 1.54) is 30.7 Å². The molecule has 0 saturated carbocycles. The van der Waals surface area contributed by atoms with E-state index < -0.39 is 4.92 Å². The monoisotopic (exact) mass is 362 g/mol. The number of ether oxygens (including phenoxy) is 1. The van der Waals surface area contributed by atoms with Gasteiger partial charge in [0.25, 0.3) is 5.91 Å². The van der Waals surface area contributed by atoms with Gasteiger partial charge in [-0.15, -0.1) is 0 Å². The van der Waals surface area contributed by atoms with Crippen molar-refractivity contribution in [3.8, 4) is 11.5 Å². The van der Waals surface area contributed by atoms with E-state index in [9.17, 15) is 14.9 Å². The number of nitrogens with one attached hydrogen (secondary N) is 1. The van der Waals surface area contributed by atoms with E-state index in [1.807, 2.05) is 0 Å². The summed E-state index contributed by atoms with van der Waals surface area (Å²) < 4.78 is 5.69. The lowest BCUT2D eigenvalue weighted by molar-refractivity contribution is -0.385. The number of para-hydroxylation sites is 3. The molecule has 0 aliphatic heterocycles. The van der Waals surface area contributed by atoms with Gasteiger partial charge in [0.1, 0.15) is 5.75 Å². The zero-order valence-electron chi connectivity index (χ0n) is 14.0. The molecule has 0 spiro atoms. The predicted octanol–water partition coefficient (Wildman–Crippen LogP) is 3.55. The molecule has 0 bridgehead atoms. The molecule has 0 aliphatic carbocycles. The van der Waals surface area contributed by atoms with Crippen LogP contribution in [0.25, 0.3) is 0 Å². The summed E-state index contributed by atoms with van der Waals surface area (Å²) in [6.45, 7) is 0. The Balaban J connectivity index is 1.77. The molecule has 1 N–H and O–H groups in total. The van der Waals surface area contributed by atoms with E-state index in [0.717, 1.165) is 0 Å². The number of benzene rings is 2. The van der Waals surface area contributed by atoms with Crippen LogP contribution in [0.2, 0.25) is 0 Å². The first kappa shape index (κ1) is 17.7. The summed E-state index contributed by atoms with van der Waals surface area (Å²) >= 11 is 0. The fourth-order valence-electron chi connectivity index (χ4n) is 2.22. The predicted molar refractivity (Wildman–Crippen MR) is 98.9 cm³/mol. The third kappa shape index (κ3) is 4.51. The number of rotatable bonds is 6. The molecule has 134 valence electrons. The van der Waals surface area contributed by atoms with Crippen molar-refractivity contribution in [1.82, 2.24) is 10.4 Å². The molecule has 27 heavy (non-hydrogen) atoms. The molecule has 0 unspecified atom stereocenters. The summed E-state index contributed by atoms with van der Waals surface area (Å²) in [7, 11) is 0. The molecule has 3 rings (SSSR count). The van der Waals surface area contributed by atoms with Crippen molar-refractivity contribution in [3.05, 3.63) is 94.3 Å². The molecule has 8 nitrogen and oxygen atoms in total. The molecule has 0 saturated heterocycles. The fourth-order valence-corrected chi connectivity index (χ4v) is 2.22. The second-order valence-corrected chi connectivity index (χ2v) is 5.30. The van der Waals surface area contributed by atoms with Crippen LogP contribution in [0, 0.1) is 10.1 Å². The van der Waals surface area contributed by atoms with Gasteiger partial charge in [-0.05, 0) is 30.3 Å². The minimum atomic E-state index is -0.513. The van der Waals surface area contributed by atoms with Crippen molar-refractivity contribution in [2.45, 2.75) is 0 Å². The first-order valence-electron chi connectivity index (χ1n) is 7.89. The van der Waals surface area contributed by atoms with E-state index in [1.54, 1.807) is 48.5 Å². The zero-order chi connectivity index (χ0) is 19.1. The average Bonchev–Trinajstić information content (AvgIpc) is 2.70. The van der Waals surface area contributed by atoms with Gasteiger partial charge in [-0.25, -0.2) is 5.43 Å². The number of nitro benzene ring substituents is 1. The zero-order valence-corrected chi connectivity index (χ0v) is 14.0. The van der Waals surface area contributed by atoms with Crippen molar-refractivity contribution in [1.29, 1.82) is 0 Å². The molecule has 3 aromatic rings. The van der Waals surface area contributed by atoms with Crippen LogP contribution in [0.3, 0.4) is 0 Å². The highest BCUT2D eigenvalue weighted by Crippen LogP contribution is 2.31. The Morgan fingerprint density at radius 2 is 1.70 bits per heavy atom. The van der Waals surface area contributed by atoms with Crippen molar-refractivity contribution in [2.75, 3.05) is 0 Å². The molecule has 0 radical (unpaired) electrons. The highest BCUT2D eigenvalue weighted by atomic mass is 16.6. The molecule has 2 aromatic carbocycles. The topological polar surface area (TPSA) is 107 Å². The SMILES string of the molecule is O=C(N/N=C\c1ccccc1Oc1ccccc1[N+](=O)[O-])c1ccncc1. The number of hydrazone groups is 1. The summed E-state index contributed by atoms with van der Waals surface area (Å²) in [6.07, 6.45) is 4.42. The lowest BCUT2D eigenvalue weighted by atomic mass is 10.2. The van der Waals surface area contributed by atoms with Gasteiger partial charge in [0.15, 0.2) is 0 Å². The van der Waals surface area contributed by atoms with E-state index in [0.29, 0.717) is 16.9 Å². The van der Waals surface area contributed by atoms with Crippen molar-refractivity contribution >= 4 is 17.8 Å². The van der Waals surface area contributed by atoms with Gasteiger partial charge in [-0.3, -0.25) is 19.9 Å². The second-order valence-electron chi connectivity index (χ2n) is 5.30. The maximum Gasteiger partial charge on any atom is 0.311 e. The number of nitrogens with zero attached hydrogens (tertiary/aromatic N) is 3. The Kier molecular flexibility index (Phi) is 5.48. The number of aromatic nitrogens is 1. The Labute approximate surface area is 154 Å². The first-order chi connectivity index (χ1) is 13.1. The summed E-state index contributed by atoms with van der Waals surface area (Å²) in [5.74, 6) is 0.101. The Hall–Kier alpha value is -4.07. The van der Waals surface area contributed by atoms with E-state index >= 15 is 0 Å². The van der Waals surface area contributed by atoms with Crippen LogP contribution in [0.4, 0.5) is 5.69 Å². The van der Waals surface area contributed by atoms with Crippen LogP contribution in [0.5, 0.6) is 11.5 Å². The number of hydrogen-bond acceptors (Lipinski definition) is 6. The Morgan fingerprint density at radius 3 is 2.44 bits per heavy atom. The van der Waals surface area contributed by atoms with Crippen LogP contribution in [-0.2, 0) is 0 Å². The summed E-state index contributed by atoms with van der Waals surface area (Å²) in [5, 5.41) is 15.0. The molecule has 0 fully saturated rings. The molecule has 1 aromatic heterocycles. The quantitative estimate of drug-likeness (QED) is 0.410. The molecule has 1 amide bonds.